The summed E-state index contributed by atoms with van der Waals surface area (Å²) in [5.74, 6) is 1.62. The number of nitriles is 1. The van der Waals surface area contributed by atoms with Crippen molar-refractivity contribution in [1.29, 1.82) is 5.26 Å². The van der Waals surface area contributed by atoms with Gasteiger partial charge in [-0.1, -0.05) is 0 Å². The molecule has 94 valence electrons. The Morgan fingerprint density at radius 3 is 3.06 bits per heavy atom. The number of nitrogens with one attached hydrogen (secondary N) is 1. The highest BCUT2D eigenvalue weighted by molar-refractivity contribution is 5.59. The molecule has 4 heteroatoms. The molecule has 0 bridgehead atoms. The van der Waals surface area contributed by atoms with E-state index in [0.717, 1.165) is 48.2 Å². The predicted octanol–water partition coefficient (Wildman–Crippen LogP) is 1.37. The molecule has 2 aliphatic rings. The topological polar surface area (TPSA) is 52.0 Å². The van der Waals surface area contributed by atoms with Crippen molar-refractivity contribution in [1.82, 2.24) is 10.3 Å². The summed E-state index contributed by atoms with van der Waals surface area (Å²) in [6.45, 7) is 7.15. The number of aryl methyl sites for hydroxylation is 2. The van der Waals surface area contributed by atoms with Gasteiger partial charge in [-0.3, -0.25) is 0 Å². The molecule has 2 fully saturated rings. The summed E-state index contributed by atoms with van der Waals surface area (Å²) in [6.07, 6.45) is 1.21. The maximum absolute atomic E-state index is 9.36. The van der Waals surface area contributed by atoms with Crippen molar-refractivity contribution in [3.63, 3.8) is 0 Å². The van der Waals surface area contributed by atoms with Crippen LogP contribution in [0.5, 0.6) is 0 Å². The average molecular weight is 242 g/mol. The van der Waals surface area contributed by atoms with Crippen molar-refractivity contribution in [2.24, 2.45) is 5.92 Å². The highest BCUT2D eigenvalue weighted by Gasteiger charge is 2.39. The van der Waals surface area contributed by atoms with Crippen LogP contribution < -0.4 is 10.2 Å². The Kier molecular flexibility index (Phi) is 2.71. The molecule has 2 atom stereocenters. The normalized spacial score (nSPS) is 26.2. The Labute approximate surface area is 108 Å². The number of nitrogens with zero attached hydrogens (tertiary/aromatic N) is 3. The van der Waals surface area contributed by atoms with Crippen molar-refractivity contribution in [3.05, 3.63) is 22.9 Å². The zero-order valence-corrected chi connectivity index (χ0v) is 10.9. The first-order valence-electron chi connectivity index (χ1n) is 6.56. The summed E-state index contributed by atoms with van der Waals surface area (Å²) in [5.41, 5.74) is 2.78. The van der Waals surface area contributed by atoms with E-state index in [1.165, 1.54) is 6.42 Å². The number of hydrogen-bond donors (Lipinski definition) is 1. The third-order valence-corrected chi connectivity index (χ3v) is 4.15. The zero-order valence-electron chi connectivity index (χ0n) is 10.9. The number of rotatable bonds is 1. The van der Waals surface area contributed by atoms with Crippen molar-refractivity contribution < 1.29 is 0 Å². The van der Waals surface area contributed by atoms with Gasteiger partial charge in [-0.05, 0) is 37.8 Å². The van der Waals surface area contributed by atoms with E-state index in [0.29, 0.717) is 6.04 Å². The van der Waals surface area contributed by atoms with Gasteiger partial charge in [0.2, 0.25) is 0 Å². The molecule has 0 aromatic carbocycles. The van der Waals surface area contributed by atoms with Gasteiger partial charge >= 0.3 is 0 Å². The van der Waals surface area contributed by atoms with Gasteiger partial charge in [0.1, 0.15) is 11.9 Å². The lowest BCUT2D eigenvalue weighted by Crippen LogP contribution is -2.35. The monoisotopic (exact) mass is 242 g/mol. The summed E-state index contributed by atoms with van der Waals surface area (Å²) in [4.78, 5) is 6.96. The summed E-state index contributed by atoms with van der Waals surface area (Å²) in [6, 6.07) is 4.83. The van der Waals surface area contributed by atoms with Gasteiger partial charge < -0.3 is 10.2 Å². The minimum Gasteiger partial charge on any atom is -0.351 e. The molecule has 1 N–H and O–H groups in total. The second kappa shape index (κ2) is 4.25. The van der Waals surface area contributed by atoms with Gasteiger partial charge in [0.25, 0.3) is 0 Å². The van der Waals surface area contributed by atoms with E-state index in [-0.39, 0.29) is 0 Å². The van der Waals surface area contributed by atoms with Crippen LogP contribution in [0.25, 0.3) is 0 Å². The number of anilines is 1. The second-order valence-corrected chi connectivity index (χ2v) is 5.36. The highest BCUT2D eigenvalue weighted by Crippen LogP contribution is 2.33. The van der Waals surface area contributed by atoms with Gasteiger partial charge in [0.05, 0.1) is 5.56 Å². The number of aromatic nitrogens is 1. The van der Waals surface area contributed by atoms with Crippen LogP contribution in [0, 0.1) is 31.1 Å². The Morgan fingerprint density at radius 2 is 2.28 bits per heavy atom. The van der Waals surface area contributed by atoms with Crippen LogP contribution in [0.15, 0.2) is 6.07 Å². The summed E-state index contributed by atoms with van der Waals surface area (Å²) >= 11 is 0. The van der Waals surface area contributed by atoms with Crippen molar-refractivity contribution in [3.8, 4) is 6.07 Å². The van der Waals surface area contributed by atoms with Crippen molar-refractivity contribution in [2.75, 3.05) is 24.5 Å². The smallest absolute Gasteiger partial charge is 0.147 e. The SMILES string of the molecule is Cc1cc(C)c(C#N)c(N2CC[C@H]3CNC[C@H]32)n1. The lowest BCUT2D eigenvalue weighted by Gasteiger charge is -2.26. The molecule has 1 aromatic heterocycles. The van der Waals surface area contributed by atoms with Crippen molar-refractivity contribution in [2.45, 2.75) is 26.3 Å². The highest BCUT2D eigenvalue weighted by atomic mass is 15.3. The lowest BCUT2D eigenvalue weighted by molar-refractivity contribution is 0.577. The van der Waals surface area contributed by atoms with Gasteiger partial charge in [-0.15, -0.1) is 0 Å². The Morgan fingerprint density at radius 1 is 1.44 bits per heavy atom. The molecular formula is C14H18N4. The molecule has 3 heterocycles. The van der Waals surface area contributed by atoms with Gasteiger partial charge in [0, 0.05) is 31.4 Å². The molecule has 0 radical (unpaired) electrons. The van der Waals surface area contributed by atoms with E-state index in [1.807, 2.05) is 19.9 Å². The first kappa shape index (κ1) is 11.5. The third-order valence-electron chi connectivity index (χ3n) is 4.15. The molecule has 0 amide bonds. The van der Waals surface area contributed by atoms with Gasteiger partial charge in [-0.2, -0.15) is 5.26 Å². The van der Waals surface area contributed by atoms with Gasteiger partial charge in [0.15, 0.2) is 0 Å². The molecular weight excluding hydrogens is 224 g/mol. The molecule has 2 saturated heterocycles. The van der Waals surface area contributed by atoms with E-state index in [1.54, 1.807) is 0 Å². The minimum atomic E-state index is 0.519. The largest absolute Gasteiger partial charge is 0.351 e. The molecule has 0 spiro atoms. The minimum absolute atomic E-state index is 0.519. The van der Waals surface area contributed by atoms with Crippen LogP contribution in [0.1, 0.15) is 23.2 Å². The van der Waals surface area contributed by atoms with E-state index >= 15 is 0 Å². The Bertz CT molecular complexity index is 517. The van der Waals surface area contributed by atoms with Crippen molar-refractivity contribution >= 4 is 5.82 Å². The predicted molar refractivity (Wildman–Crippen MR) is 70.5 cm³/mol. The molecule has 0 unspecified atom stereocenters. The average Bonchev–Trinajstić information content (AvgIpc) is 2.89. The summed E-state index contributed by atoms with van der Waals surface area (Å²) < 4.78 is 0. The van der Waals surface area contributed by atoms with Crippen LogP contribution in [0.4, 0.5) is 5.82 Å². The fourth-order valence-electron chi connectivity index (χ4n) is 3.28. The second-order valence-electron chi connectivity index (χ2n) is 5.36. The van der Waals surface area contributed by atoms with Gasteiger partial charge in [-0.25, -0.2) is 4.98 Å². The molecule has 3 rings (SSSR count). The number of pyridine rings is 1. The van der Waals surface area contributed by atoms with Crippen LogP contribution in [0.3, 0.4) is 0 Å². The van der Waals surface area contributed by atoms with E-state index in [4.69, 9.17) is 0 Å². The van der Waals surface area contributed by atoms with E-state index in [9.17, 15) is 5.26 Å². The fourth-order valence-corrected chi connectivity index (χ4v) is 3.28. The quantitative estimate of drug-likeness (QED) is 0.808. The van der Waals surface area contributed by atoms with Crippen LogP contribution >= 0.6 is 0 Å². The third kappa shape index (κ3) is 1.67. The van der Waals surface area contributed by atoms with E-state index < -0.39 is 0 Å². The summed E-state index contributed by atoms with van der Waals surface area (Å²) in [5, 5.41) is 12.8. The van der Waals surface area contributed by atoms with Crippen LogP contribution in [0.2, 0.25) is 0 Å². The number of hydrogen-bond acceptors (Lipinski definition) is 4. The van der Waals surface area contributed by atoms with E-state index in [2.05, 4.69) is 21.3 Å². The van der Waals surface area contributed by atoms with Crippen LogP contribution in [-0.2, 0) is 0 Å². The molecule has 1 aromatic rings. The molecule has 0 saturated carbocycles. The molecule has 0 aliphatic carbocycles. The standard InChI is InChI=1S/C14H18N4/c1-9-5-10(2)17-14(12(9)6-15)18-4-3-11-7-16-8-13(11)18/h5,11,13,16H,3-4,7-8H2,1-2H3/t11-,13+/m0/s1. The Hall–Kier alpha value is -1.60. The maximum Gasteiger partial charge on any atom is 0.147 e. The first-order chi connectivity index (χ1) is 8.70. The summed E-state index contributed by atoms with van der Waals surface area (Å²) in [7, 11) is 0. The maximum atomic E-state index is 9.36. The Balaban J connectivity index is 2.04. The molecule has 18 heavy (non-hydrogen) atoms. The van der Waals surface area contributed by atoms with Crippen LogP contribution in [-0.4, -0.2) is 30.7 Å². The molecule has 2 aliphatic heterocycles. The first-order valence-corrected chi connectivity index (χ1v) is 6.56. The lowest BCUT2D eigenvalue weighted by atomic mass is 10.0. The number of fused-ring (bicyclic) bond motifs is 1. The zero-order chi connectivity index (χ0) is 12.7. The fraction of sp³-hybridized carbons (Fsp3) is 0.571. The molecule has 4 nitrogen and oxygen atoms in total.